The average molecular weight is 427 g/mol. The van der Waals surface area contributed by atoms with Crippen LogP contribution < -0.4 is 10.2 Å². The van der Waals surface area contributed by atoms with E-state index in [1.807, 2.05) is 48.5 Å². The predicted molar refractivity (Wildman–Crippen MR) is 110 cm³/mol. The van der Waals surface area contributed by atoms with Crippen LogP contribution in [0, 0.1) is 0 Å². The lowest BCUT2D eigenvalue weighted by Gasteiger charge is -2.08. The Morgan fingerprint density at radius 2 is 2.04 bits per heavy atom. The van der Waals surface area contributed by atoms with Gasteiger partial charge in [0.05, 0.1) is 10.7 Å². The normalized spacial score (nSPS) is 11.0. The van der Waals surface area contributed by atoms with Gasteiger partial charge in [0.2, 0.25) is 0 Å². The van der Waals surface area contributed by atoms with Crippen LogP contribution in [0.3, 0.4) is 0 Å². The summed E-state index contributed by atoms with van der Waals surface area (Å²) in [6.45, 7) is 1.91. The summed E-state index contributed by atoms with van der Waals surface area (Å²) in [6, 6.07) is 16.8. The minimum Gasteiger partial charge on any atom is -0.507 e. The van der Waals surface area contributed by atoms with Crippen molar-refractivity contribution in [2.75, 3.05) is 6.61 Å². The van der Waals surface area contributed by atoms with Crippen molar-refractivity contribution in [1.82, 2.24) is 5.43 Å². The first-order valence-electron chi connectivity index (χ1n) is 8.52. The van der Waals surface area contributed by atoms with Gasteiger partial charge < -0.3 is 9.84 Å². The van der Waals surface area contributed by atoms with Crippen LogP contribution in [0.1, 0.15) is 18.1 Å². The molecule has 0 atom stereocenters. The smallest absolute Gasteiger partial charge is 0.277 e. The fraction of sp³-hybridized carbons (Fsp3) is 0.143. The standard InChI is InChI=1S/C21H19BrN2O3/c1-2-14-7-10-20(18(22)11-14)27-13-21(26)24-23-12-17-16-6-4-3-5-15(16)8-9-19(17)25/h3-12,25H,2,13H2,1H3,(H,24,26). The van der Waals surface area contributed by atoms with Crippen LogP contribution in [0.25, 0.3) is 10.8 Å². The largest absolute Gasteiger partial charge is 0.507 e. The number of carbonyl (C=O) groups excluding carboxylic acids is 1. The van der Waals surface area contributed by atoms with Crippen LogP contribution in [0.4, 0.5) is 0 Å². The van der Waals surface area contributed by atoms with Gasteiger partial charge in [-0.2, -0.15) is 5.10 Å². The van der Waals surface area contributed by atoms with Gasteiger partial charge in [-0.15, -0.1) is 0 Å². The zero-order valence-electron chi connectivity index (χ0n) is 14.8. The lowest BCUT2D eigenvalue weighted by atomic mass is 10.0. The number of phenols is 1. The van der Waals surface area contributed by atoms with Crippen molar-refractivity contribution in [2.24, 2.45) is 5.10 Å². The highest BCUT2D eigenvalue weighted by atomic mass is 79.9. The molecule has 0 aliphatic heterocycles. The SMILES string of the molecule is CCc1ccc(OCC(=O)NN=Cc2c(O)ccc3ccccc23)c(Br)c1. The van der Waals surface area contributed by atoms with Gasteiger partial charge in [-0.25, -0.2) is 5.43 Å². The number of ether oxygens (including phenoxy) is 1. The third kappa shape index (κ3) is 4.65. The zero-order valence-corrected chi connectivity index (χ0v) is 16.4. The summed E-state index contributed by atoms with van der Waals surface area (Å²) in [5.74, 6) is 0.304. The van der Waals surface area contributed by atoms with Crippen molar-refractivity contribution in [3.05, 3.63) is 70.2 Å². The number of nitrogens with zero attached hydrogens (tertiary/aromatic N) is 1. The van der Waals surface area contributed by atoms with Crippen LogP contribution in [-0.4, -0.2) is 23.8 Å². The Kier molecular flexibility index (Phi) is 6.08. The number of amides is 1. The molecule has 0 spiro atoms. The molecule has 3 aromatic carbocycles. The van der Waals surface area contributed by atoms with Gasteiger partial charge in [0.1, 0.15) is 11.5 Å². The Morgan fingerprint density at radius 3 is 2.81 bits per heavy atom. The maximum absolute atomic E-state index is 12.0. The molecule has 0 saturated heterocycles. The molecule has 5 nitrogen and oxygen atoms in total. The van der Waals surface area contributed by atoms with E-state index < -0.39 is 5.91 Å². The molecule has 0 heterocycles. The quantitative estimate of drug-likeness (QED) is 0.453. The van der Waals surface area contributed by atoms with Crippen LogP contribution >= 0.6 is 15.9 Å². The molecule has 0 aromatic heterocycles. The van der Waals surface area contributed by atoms with Crippen molar-refractivity contribution in [1.29, 1.82) is 0 Å². The summed E-state index contributed by atoms with van der Waals surface area (Å²) in [7, 11) is 0. The number of phenolic OH excluding ortho intramolecular Hbond substituents is 1. The second-order valence-electron chi connectivity index (χ2n) is 5.92. The van der Waals surface area contributed by atoms with Gasteiger partial charge in [-0.1, -0.05) is 43.3 Å². The van der Waals surface area contributed by atoms with E-state index in [-0.39, 0.29) is 12.4 Å². The number of nitrogens with one attached hydrogen (secondary N) is 1. The molecule has 6 heteroatoms. The Bertz CT molecular complexity index is 1000. The summed E-state index contributed by atoms with van der Waals surface area (Å²) in [4.78, 5) is 12.0. The van der Waals surface area contributed by atoms with E-state index in [2.05, 4.69) is 33.4 Å². The number of hydrogen-bond donors (Lipinski definition) is 2. The van der Waals surface area contributed by atoms with Crippen LogP contribution in [0.5, 0.6) is 11.5 Å². The molecule has 2 N–H and O–H groups in total. The van der Waals surface area contributed by atoms with Crippen LogP contribution in [0.2, 0.25) is 0 Å². The number of aromatic hydroxyl groups is 1. The van der Waals surface area contributed by atoms with Gasteiger partial charge in [-0.3, -0.25) is 4.79 Å². The fourth-order valence-corrected chi connectivity index (χ4v) is 3.19. The second-order valence-corrected chi connectivity index (χ2v) is 6.77. The minimum absolute atomic E-state index is 0.0999. The molecule has 0 radical (unpaired) electrons. The number of rotatable bonds is 6. The van der Waals surface area contributed by atoms with Crippen molar-refractivity contribution >= 4 is 38.8 Å². The third-order valence-electron chi connectivity index (χ3n) is 4.09. The highest BCUT2D eigenvalue weighted by Crippen LogP contribution is 2.26. The molecule has 0 unspecified atom stereocenters. The maximum Gasteiger partial charge on any atom is 0.277 e. The maximum atomic E-state index is 12.0. The van der Waals surface area contributed by atoms with E-state index in [0.717, 1.165) is 21.7 Å². The van der Waals surface area contributed by atoms with Gasteiger partial charge in [0.15, 0.2) is 6.61 Å². The van der Waals surface area contributed by atoms with E-state index in [1.165, 1.54) is 11.8 Å². The third-order valence-corrected chi connectivity index (χ3v) is 4.71. The molecule has 1 amide bonds. The van der Waals surface area contributed by atoms with E-state index in [0.29, 0.717) is 11.3 Å². The molecule has 27 heavy (non-hydrogen) atoms. The number of halogens is 1. The predicted octanol–water partition coefficient (Wildman–Crippen LogP) is 4.40. The average Bonchev–Trinajstić information content (AvgIpc) is 2.68. The van der Waals surface area contributed by atoms with E-state index in [1.54, 1.807) is 6.07 Å². The zero-order chi connectivity index (χ0) is 19.2. The fourth-order valence-electron chi connectivity index (χ4n) is 2.65. The molecule has 0 saturated carbocycles. The van der Waals surface area contributed by atoms with Crippen molar-refractivity contribution in [2.45, 2.75) is 13.3 Å². The van der Waals surface area contributed by atoms with Crippen LogP contribution in [-0.2, 0) is 11.2 Å². The van der Waals surface area contributed by atoms with E-state index >= 15 is 0 Å². The Morgan fingerprint density at radius 1 is 1.22 bits per heavy atom. The molecular formula is C21H19BrN2O3. The highest BCUT2D eigenvalue weighted by Gasteiger charge is 2.07. The Hall–Kier alpha value is -2.86. The molecule has 0 bridgehead atoms. The highest BCUT2D eigenvalue weighted by molar-refractivity contribution is 9.10. The number of benzene rings is 3. The van der Waals surface area contributed by atoms with Gasteiger partial charge in [0.25, 0.3) is 5.91 Å². The molecule has 0 aliphatic carbocycles. The summed E-state index contributed by atoms with van der Waals surface area (Å²) >= 11 is 3.44. The monoisotopic (exact) mass is 426 g/mol. The minimum atomic E-state index is -0.391. The molecule has 0 fully saturated rings. The first-order valence-corrected chi connectivity index (χ1v) is 9.31. The number of hydrazone groups is 1. The second kappa shape index (κ2) is 8.68. The van der Waals surface area contributed by atoms with Gasteiger partial charge in [-0.05, 0) is 56.9 Å². The summed E-state index contributed by atoms with van der Waals surface area (Å²) in [5, 5.41) is 15.8. The van der Waals surface area contributed by atoms with E-state index in [4.69, 9.17) is 4.74 Å². The lowest BCUT2D eigenvalue weighted by Crippen LogP contribution is -2.24. The molecular weight excluding hydrogens is 408 g/mol. The summed E-state index contributed by atoms with van der Waals surface area (Å²) < 4.78 is 6.32. The molecule has 0 aliphatic rings. The first kappa shape index (κ1) is 18.9. The molecule has 138 valence electrons. The lowest BCUT2D eigenvalue weighted by molar-refractivity contribution is -0.123. The Labute approximate surface area is 165 Å². The van der Waals surface area contributed by atoms with Crippen molar-refractivity contribution in [3.63, 3.8) is 0 Å². The van der Waals surface area contributed by atoms with Gasteiger partial charge >= 0.3 is 0 Å². The van der Waals surface area contributed by atoms with E-state index in [9.17, 15) is 9.90 Å². The Balaban J connectivity index is 1.62. The van der Waals surface area contributed by atoms with Crippen LogP contribution in [0.15, 0.2) is 64.2 Å². The van der Waals surface area contributed by atoms with Crippen molar-refractivity contribution in [3.8, 4) is 11.5 Å². The molecule has 3 rings (SSSR count). The van der Waals surface area contributed by atoms with Crippen molar-refractivity contribution < 1.29 is 14.6 Å². The molecule has 3 aromatic rings. The number of carbonyl (C=O) groups is 1. The topological polar surface area (TPSA) is 70.9 Å². The summed E-state index contributed by atoms with van der Waals surface area (Å²) in [6.07, 6.45) is 2.36. The van der Waals surface area contributed by atoms with Gasteiger partial charge in [0, 0.05) is 5.56 Å². The number of hydrogen-bond acceptors (Lipinski definition) is 4. The summed E-state index contributed by atoms with van der Waals surface area (Å²) in [5.41, 5.74) is 4.14. The first-order chi connectivity index (χ1) is 13.1. The number of fused-ring (bicyclic) bond motifs is 1. The number of aryl methyl sites for hydroxylation is 1.